The summed E-state index contributed by atoms with van der Waals surface area (Å²) in [5.41, 5.74) is -0.0608. The zero-order chi connectivity index (χ0) is 24.6. The lowest BCUT2D eigenvalue weighted by molar-refractivity contribution is -0.281. The molecule has 1 fully saturated rings. The minimum absolute atomic E-state index is 0.0329. The van der Waals surface area contributed by atoms with Crippen molar-refractivity contribution in [2.24, 2.45) is 0 Å². The highest BCUT2D eigenvalue weighted by Crippen LogP contribution is 2.33. The number of phenols is 2. The fourth-order valence-corrected chi connectivity index (χ4v) is 3.70. The SMILES string of the molecule is CC(=O)O[C@H]1[C@H](O)[C@@H](O)[C@H](Oc2cc(O)c3c(=O)cc(-c4ccc(O)cc4)oc3c2)O[C@@H]1CO. The molecule has 1 saturated heterocycles. The van der Waals surface area contributed by atoms with E-state index >= 15 is 0 Å². The van der Waals surface area contributed by atoms with E-state index in [1.54, 1.807) is 12.1 Å². The number of rotatable bonds is 5. The first-order chi connectivity index (χ1) is 16.2. The second kappa shape index (κ2) is 9.31. The van der Waals surface area contributed by atoms with Crippen LogP contribution in [-0.2, 0) is 14.3 Å². The van der Waals surface area contributed by atoms with E-state index in [1.807, 2.05) is 0 Å². The molecule has 1 aromatic heterocycles. The first-order valence-electron chi connectivity index (χ1n) is 10.2. The number of phenolic OH excluding ortho intramolecular Hbond substituents is 2. The van der Waals surface area contributed by atoms with Crippen molar-refractivity contribution in [3.63, 3.8) is 0 Å². The smallest absolute Gasteiger partial charge is 0.303 e. The first-order valence-corrected chi connectivity index (χ1v) is 10.2. The number of carbonyl (C=O) groups excluding carboxylic acids is 1. The Bertz CT molecular complexity index is 1250. The number of esters is 1. The molecule has 3 aromatic rings. The van der Waals surface area contributed by atoms with Gasteiger partial charge in [0, 0.05) is 30.7 Å². The Morgan fingerprint density at radius 3 is 2.41 bits per heavy atom. The summed E-state index contributed by atoms with van der Waals surface area (Å²) in [4.78, 5) is 23.9. The van der Waals surface area contributed by atoms with Crippen LogP contribution in [0.5, 0.6) is 17.2 Å². The van der Waals surface area contributed by atoms with Crippen LogP contribution in [0.4, 0.5) is 0 Å². The van der Waals surface area contributed by atoms with Crippen LogP contribution in [0.3, 0.4) is 0 Å². The predicted molar refractivity (Wildman–Crippen MR) is 115 cm³/mol. The third-order valence-electron chi connectivity index (χ3n) is 5.31. The number of hydrogen-bond donors (Lipinski definition) is 5. The molecule has 34 heavy (non-hydrogen) atoms. The van der Waals surface area contributed by atoms with Gasteiger partial charge in [-0.15, -0.1) is 0 Å². The van der Waals surface area contributed by atoms with Crippen LogP contribution in [0.1, 0.15) is 6.92 Å². The molecule has 0 aliphatic carbocycles. The highest BCUT2D eigenvalue weighted by molar-refractivity contribution is 5.86. The Balaban J connectivity index is 1.66. The van der Waals surface area contributed by atoms with E-state index in [-0.39, 0.29) is 28.2 Å². The molecule has 0 amide bonds. The Morgan fingerprint density at radius 1 is 1.06 bits per heavy atom. The number of carbonyl (C=O) groups is 1. The maximum atomic E-state index is 12.6. The number of fused-ring (bicyclic) bond motifs is 1. The van der Waals surface area contributed by atoms with E-state index in [0.29, 0.717) is 5.56 Å². The molecule has 1 aliphatic rings. The van der Waals surface area contributed by atoms with Crippen molar-refractivity contribution in [2.45, 2.75) is 37.6 Å². The highest BCUT2D eigenvalue weighted by atomic mass is 16.7. The summed E-state index contributed by atoms with van der Waals surface area (Å²) in [6.07, 6.45) is -7.34. The van der Waals surface area contributed by atoms with Crippen LogP contribution in [0.15, 0.2) is 51.7 Å². The lowest BCUT2D eigenvalue weighted by Gasteiger charge is -2.41. The lowest BCUT2D eigenvalue weighted by Crippen LogP contribution is -2.61. The second-order valence-electron chi connectivity index (χ2n) is 7.74. The van der Waals surface area contributed by atoms with Crippen molar-refractivity contribution in [3.8, 4) is 28.6 Å². The van der Waals surface area contributed by atoms with E-state index in [1.165, 1.54) is 24.3 Å². The number of benzene rings is 2. The zero-order valence-electron chi connectivity index (χ0n) is 17.8. The van der Waals surface area contributed by atoms with Gasteiger partial charge in [-0.1, -0.05) is 0 Å². The van der Waals surface area contributed by atoms with Gasteiger partial charge in [-0.3, -0.25) is 9.59 Å². The summed E-state index contributed by atoms with van der Waals surface area (Å²) >= 11 is 0. The van der Waals surface area contributed by atoms with Gasteiger partial charge in [0.2, 0.25) is 6.29 Å². The standard InChI is InChI=1S/C23H22O11/c1-10(25)31-22-18(9-24)34-23(21(30)20(22)29)32-13-6-14(27)19-15(28)8-16(33-17(19)7-13)11-2-4-12(26)5-3-11/h2-8,18,20-24,26-27,29-30H,9H2,1H3/t18-,20-,21-,22-,23-/m1/s1. The third-order valence-corrected chi connectivity index (χ3v) is 5.31. The molecule has 0 saturated carbocycles. The lowest BCUT2D eigenvalue weighted by atomic mass is 9.99. The largest absolute Gasteiger partial charge is 0.508 e. The van der Waals surface area contributed by atoms with Gasteiger partial charge < -0.3 is 44.2 Å². The monoisotopic (exact) mass is 474 g/mol. The maximum Gasteiger partial charge on any atom is 0.303 e. The molecule has 0 bridgehead atoms. The summed E-state index contributed by atoms with van der Waals surface area (Å²) in [7, 11) is 0. The number of ether oxygens (including phenoxy) is 3. The summed E-state index contributed by atoms with van der Waals surface area (Å²) in [6, 6.07) is 9.52. The molecule has 5 N–H and O–H groups in total. The first kappa shape index (κ1) is 23.5. The number of aliphatic hydroxyl groups excluding tert-OH is 3. The minimum atomic E-state index is -1.68. The van der Waals surface area contributed by atoms with Crippen LogP contribution in [0.2, 0.25) is 0 Å². The molecule has 11 nitrogen and oxygen atoms in total. The summed E-state index contributed by atoms with van der Waals surface area (Å²) in [5.74, 6) is -1.07. The van der Waals surface area contributed by atoms with Gasteiger partial charge in [-0.25, -0.2) is 0 Å². The van der Waals surface area contributed by atoms with Crippen molar-refractivity contribution in [1.29, 1.82) is 0 Å². The van der Waals surface area contributed by atoms with Crippen LogP contribution < -0.4 is 10.2 Å². The molecule has 2 aromatic carbocycles. The molecule has 0 spiro atoms. The Hall–Kier alpha value is -3.64. The van der Waals surface area contributed by atoms with Gasteiger partial charge in [0.15, 0.2) is 11.5 Å². The Labute approximate surface area is 192 Å². The van der Waals surface area contributed by atoms with Crippen molar-refractivity contribution in [2.75, 3.05) is 6.61 Å². The maximum absolute atomic E-state index is 12.6. The van der Waals surface area contributed by atoms with Crippen LogP contribution in [-0.4, -0.2) is 68.8 Å². The molecule has 1 aliphatic heterocycles. The summed E-state index contributed by atoms with van der Waals surface area (Å²) < 4.78 is 21.7. The van der Waals surface area contributed by atoms with Crippen molar-refractivity contribution >= 4 is 16.9 Å². The molecule has 5 atom stereocenters. The molecule has 180 valence electrons. The van der Waals surface area contributed by atoms with Gasteiger partial charge in [-0.2, -0.15) is 0 Å². The number of aromatic hydroxyl groups is 2. The molecular formula is C23H22O11. The Kier molecular flexibility index (Phi) is 6.44. The Morgan fingerprint density at radius 2 is 1.76 bits per heavy atom. The summed E-state index contributed by atoms with van der Waals surface area (Å²) in [5, 5.41) is 50.1. The molecular weight excluding hydrogens is 452 g/mol. The van der Waals surface area contributed by atoms with Crippen LogP contribution >= 0.6 is 0 Å². The molecule has 4 rings (SSSR count). The van der Waals surface area contributed by atoms with Crippen LogP contribution in [0.25, 0.3) is 22.3 Å². The number of hydrogen-bond acceptors (Lipinski definition) is 11. The van der Waals surface area contributed by atoms with Gasteiger partial charge >= 0.3 is 5.97 Å². The second-order valence-corrected chi connectivity index (χ2v) is 7.74. The summed E-state index contributed by atoms with van der Waals surface area (Å²) in [6.45, 7) is 0.462. The third kappa shape index (κ3) is 4.54. The van der Waals surface area contributed by atoms with E-state index in [0.717, 1.165) is 13.0 Å². The normalized spacial score (nSPS) is 24.6. The van der Waals surface area contributed by atoms with Gasteiger partial charge in [0.1, 0.15) is 52.3 Å². The van der Waals surface area contributed by atoms with Gasteiger partial charge in [0.05, 0.1) is 6.61 Å². The van der Waals surface area contributed by atoms with E-state index < -0.39 is 54.5 Å². The highest BCUT2D eigenvalue weighted by Gasteiger charge is 2.47. The van der Waals surface area contributed by atoms with Gasteiger partial charge in [-0.05, 0) is 24.3 Å². The molecule has 11 heteroatoms. The van der Waals surface area contributed by atoms with Crippen molar-refractivity contribution < 1.29 is 49.0 Å². The van der Waals surface area contributed by atoms with E-state index in [9.17, 15) is 35.1 Å². The predicted octanol–water partition coefficient (Wildman–Crippen LogP) is 0.621. The number of aliphatic hydroxyl groups is 3. The average Bonchev–Trinajstić information content (AvgIpc) is 2.78. The molecule has 2 heterocycles. The van der Waals surface area contributed by atoms with Crippen molar-refractivity contribution in [1.82, 2.24) is 0 Å². The van der Waals surface area contributed by atoms with E-state index in [2.05, 4.69) is 0 Å². The fraction of sp³-hybridized carbons (Fsp3) is 0.304. The van der Waals surface area contributed by atoms with Crippen molar-refractivity contribution in [3.05, 3.63) is 52.7 Å². The fourth-order valence-electron chi connectivity index (χ4n) is 3.70. The van der Waals surface area contributed by atoms with Crippen LogP contribution in [0, 0.1) is 0 Å². The topological polar surface area (TPSA) is 176 Å². The molecule has 0 unspecified atom stereocenters. The van der Waals surface area contributed by atoms with Gasteiger partial charge in [0.25, 0.3) is 0 Å². The zero-order valence-corrected chi connectivity index (χ0v) is 17.8. The quantitative estimate of drug-likeness (QED) is 0.328. The average molecular weight is 474 g/mol. The minimum Gasteiger partial charge on any atom is -0.508 e. The molecule has 0 radical (unpaired) electrons. The van der Waals surface area contributed by atoms with E-state index in [4.69, 9.17) is 18.6 Å².